The van der Waals surface area contributed by atoms with E-state index < -0.39 is 0 Å². The number of fused-ring (bicyclic) bond motifs is 2. The molecule has 0 atom stereocenters. The van der Waals surface area contributed by atoms with Crippen molar-refractivity contribution in [3.05, 3.63) is 114 Å². The fourth-order valence-electron chi connectivity index (χ4n) is 5.75. The average Bonchev–Trinajstić information content (AvgIpc) is 2.87. The Morgan fingerprint density at radius 3 is 1.28 bits per heavy atom. The van der Waals surface area contributed by atoms with Crippen molar-refractivity contribution >= 4 is 38.6 Å². The van der Waals surface area contributed by atoms with Crippen molar-refractivity contribution in [3.63, 3.8) is 0 Å². The summed E-state index contributed by atoms with van der Waals surface area (Å²) in [6.07, 6.45) is 0. The van der Waals surface area contributed by atoms with Gasteiger partial charge in [0, 0.05) is 22.1 Å². The predicted octanol–water partition coefficient (Wildman–Crippen LogP) is 11.4. The maximum atomic E-state index is 2.46. The van der Waals surface area contributed by atoms with Crippen LogP contribution in [-0.4, -0.2) is 0 Å². The number of anilines is 3. The number of rotatable bonds is 3. The molecule has 0 unspecified atom stereocenters. The highest BCUT2D eigenvalue weighted by Gasteiger charge is 2.28. The van der Waals surface area contributed by atoms with Gasteiger partial charge in [0.05, 0.1) is 5.69 Å². The molecule has 0 saturated heterocycles. The number of benzene rings is 5. The second-order valence-corrected chi connectivity index (χ2v) is 14.0. The number of hydrogen-bond acceptors (Lipinski definition) is 1. The van der Waals surface area contributed by atoms with Gasteiger partial charge in [-0.1, -0.05) is 129 Å². The molecule has 0 spiro atoms. The van der Waals surface area contributed by atoms with Gasteiger partial charge in [-0.25, -0.2) is 0 Å². The monoisotopic (exact) mass is 513 g/mol. The predicted molar refractivity (Wildman–Crippen MR) is 172 cm³/mol. The molecule has 0 aliphatic rings. The van der Waals surface area contributed by atoms with Crippen molar-refractivity contribution in [3.8, 4) is 0 Å². The van der Waals surface area contributed by atoms with Crippen LogP contribution in [-0.2, 0) is 16.2 Å². The quantitative estimate of drug-likeness (QED) is 0.217. The van der Waals surface area contributed by atoms with Crippen LogP contribution < -0.4 is 4.90 Å². The fraction of sp³-hybridized carbons (Fsp3) is 0.316. The molecule has 5 aromatic rings. The Hall–Kier alpha value is -3.58. The van der Waals surface area contributed by atoms with Gasteiger partial charge >= 0.3 is 0 Å². The molecule has 0 aromatic heterocycles. The SMILES string of the molecule is CC(C)(C)c1ccc2c(C(C)(C)C)c3cc(C(C)(C)C)ccc3c(N(c3ccccc3)c3ccccc3)c2c1. The third-order valence-electron chi connectivity index (χ3n) is 7.82. The third kappa shape index (κ3) is 5.08. The van der Waals surface area contributed by atoms with Crippen molar-refractivity contribution in [1.29, 1.82) is 0 Å². The minimum absolute atomic E-state index is 0.0287. The van der Waals surface area contributed by atoms with Gasteiger partial charge in [-0.15, -0.1) is 0 Å². The summed E-state index contributed by atoms with van der Waals surface area (Å²) < 4.78 is 0. The number of para-hydroxylation sites is 2. The van der Waals surface area contributed by atoms with Crippen LogP contribution in [0.3, 0.4) is 0 Å². The van der Waals surface area contributed by atoms with E-state index in [2.05, 4.69) is 164 Å². The van der Waals surface area contributed by atoms with Crippen LogP contribution in [0, 0.1) is 0 Å². The fourth-order valence-corrected chi connectivity index (χ4v) is 5.75. The van der Waals surface area contributed by atoms with Crippen LogP contribution in [0.25, 0.3) is 21.5 Å². The molecule has 1 nitrogen and oxygen atoms in total. The lowest BCUT2D eigenvalue weighted by Crippen LogP contribution is -2.18. The molecule has 0 radical (unpaired) electrons. The molecule has 5 aromatic carbocycles. The van der Waals surface area contributed by atoms with E-state index in [9.17, 15) is 0 Å². The highest BCUT2D eigenvalue weighted by molar-refractivity contribution is 6.17. The molecule has 0 bridgehead atoms. The Kier molecular flexibility index (Phi) is 6.62. The van der Waals surface area contributed by atoms with Crippen LogP contribution in [0.5, 0.6) is 0 Å². The Morgan fingerprint density at radius 1 is 0.410 bits per heavy atom. The van der Waals surface area contributed by atoms with Gasteiger partial charge in [0.15, 0.2) is 0 Å². The molecule has 0 heterocycles. The standard InChI is InChI=1S/C38H43N/c1-36(2,3)26-21-23-31-32(24-26)34(38(7,8)9)30-22-20-27(37(4,5)6)25-33(30)35(31)39(28-16-12-10-13-17-28)29-18-14-11-15-19-29/h10-25H,1-9H3. The Morgan fingerprint density at radius 2 is 0.846 bits per heavy atom. The van der Waals surface area contributed by atoms with E-state index in [0.717, 1.165) is 11.4 Å². The first-order chi connectivity index (χ1) is 18.3. The van der Waals surface area contributed by atoms with Crippen LogP contribution in [0.2, 0.25) is 0 Å². The molecule has 0 aliphatic heterocycles. The molecule has 1 heteroatoms. The second-order valence-electron chi connectivity index (χ2n) is 14.0. The summed E-state index contributed by atoms with van der Waals surface area (Å²) >= 11 is 0. The van der Waals surface area contributed by atoms with Crippen LogP contribution in [0.1, 0.15) is 79.0 Å². The highest BCUT2D eigenvalue weighted by atomic mass is 15.1. The summed E-state index contributed by atoms with van der Waals surface area (Å²) in [7, 11) is 0. The van der Waals surface area contributed by atoms with Gasteiger partial charge < -0.3 is 4.90 Å². The van der Waals surface area contributed by atoms with Crippen LogP contribution >= 0.6 is 0 Å². The van der Waals surface area contributed by atoms with E-state index >= 15 is 0 Å². The molecule has 0 N–H and O–H groups in total. The molecular formula is C38H43N. The van der Waals surface area contributed by atoms with Crippen molar-refractivity contribution in [1.82, 2.24) is 0 Å². The summed E-state index contributed by atoms with van der Waals surface area (Å²) in [5.74, 6) is 0. The first-order valence-corrected chi connectivity index (χ1v) is 14.2. The molecule has 0 fully saturated rings. The highest BCUT2D eigenvalue weighted by Crippen LogP contribution is 2.49. The van der Waals surface area contributed by atoms with E-state index in [0.29, 0.717) is 0 Å². The molecule has 200 valence electrons. The van der Waals surface area contributed by atoms with Gasteiger partial charge in [-0.05, 0) is 74.0 Å². The molecule has 0 saturated carbocycles. The van der Waals surface area contributed by atoms with Gasteiger partial charge in [-0.3, -0.25) is 0 Å². The van der Waals surface area contributed by atoms with Gasteiger partial charge in [0.1, 0.15) is 0 Å². The average molecular weight is 514 g/mol. The van der Waals surface area contributed by atoms with E-state index in [-0.39, 0.29) is 16.2 Å². The summed E-state index contributed by atoms with van der Waals surface area (Å²) in [6.45, 7) is 20.9. The van der Waals surface area contributed by atoms with E-state index in [1.165, 1.54) is 43.9 Å². The van der Waals surface area contributed by atoms with E-state index in [4.69, 9.17) is 0 Å². The lowest BCUT2D eigenvalue weighted by Gasteiger charge is -2.33. The smallest absolute Gasteiger partial charge is 0.0618 e. The molecule has 5 rings (SSSR count). The van der Waals surface area contributed by atoms with Crippen LogP contribution in [0.4, 0.5) is 17.1 Å². The summed E-state index contributed by atoms with van der Waals surface area (Å²) in [5.41, 5.74) is 7.79. The summed E-state index contributed by atoms with van der Waals surface area (Å²) in [6, 6.07) is 36.0. The van der Waals surface area contributed by atoms with E-state index in [1.54, 1.807) is 0 Å². The molecular weight excluding hydrogens is 470 g/mol. The molecule has 0 aliphatic carbocycles. The van der Waals surface area contributed by atoms with Crippen molar-refractivity contribution in [2.24, 2.45) is 0 Å². The molecule has 39 heavy (non-hydrogen) atoms. The lowest BCUT2D eigenvalue weighted by molar-refractivity contribution is 0.588. The first kappa shape index (κ1) is 27.0. The second kappa shape index (κ2) is 9.56. The summed E-state index contributed by atoms with van der Waals surface area (Å²) in [4.78, 5) is 2.46. The minimum atomic E-state index is -0.0287. The van der Waals surface area contributed by atoms with Gasteiger partial charge in [0.2, 0.25) is 0 Å². The zero-order valence-corrected chi connectivity index (χ0v) is 25.2. The largest absolute Gasteiger partial charge is 0.309 e. The van der Waals surface area contributed by atoms with Gasteiger partial charge in [0.25, 0.3) is 0 Å². The number of nitrogens with zero attached hydrogens (tertiary/aromatic N) is 1. The Labute approximate surface area is 235 Å². The van der Waals surface area contributed by atoms with E-state index in [1.807, 2.05) is 0 Å². The lowest BCUT2D eigenvalue weighted by atomic mass is 9.76. The first-order valence-electron chi connectivity index (χ1n) is 14.2. The van der Waals surface area contributed by atoms with Crippen molar-refractivity contribution < 1.29 is 0 Å². The maximum absolute atomic E-state index is 2.46. The molecule has 0 amide bonds. The topological polar surface area (TPSA) is 3.24 Å². The maximum Gasteiger partial charge on any atom is 0.0618 e. The van der Waals surface area contributed by atoms with Crippen molar-refractivity contribution in [2.75, 3.05) is 4.90 Å². The Balaban J connectivity index is 2.04. The summed E-state index contributed by atoms with van der Waals surface area (Å²) in [5, 5.41) is 5.27. The number of hydrogen-bond donors (Lipinski definition) is 0. The zero-order chi connectivity index (χ0) is 28.2. The van der Waals surface area contributed by atoms with Gasteiger partial charge in [-0.2, -0.15) is 0 Å². The minimum Gasteiger partial charge on any atom is -0.309 e. The normalized spacial score (nSPS) is 12.7. The zero-order valence-electron chi connectivity index (χ0n) is 25.2. The third-order valence-corrected chi connectivity index (χ3v) is 7.82. The van der Waals surface area contributed by atoms with Crippen LogP contribution in [0.15, 0.2) is 97.1 Å². The Bertz CT molecular complexity index is 1580. The van der Waals surface area contributed by atoms with Crippen molar-refractivity contribution in [2.45, 2.75) is 78.6 Å².